The number of aromatic nitrogens is 1. The SMILES string of the molecule is Cc1cccc2nc(NC(=O)C3CCCN(CCN(C)C)C3)sc12. The quantitative estimate of drug-likeness (QED) is 0.904. The predicted molar refractivity (Wildman–Crippen MR) is 101 cm³/mol. The largest absolute Gasteiger partial charge is 0.308 e. The summed E-state index contributed by atoms with van der Waals surface area (Å²) in [5.41, 5.74) is 2.17. The molecule has 5 nitrogen and oxygen atoms in total. The Balaban J connectivity index is 1.62. The van der Waals surface area contributed by atoms with E-state index < -0.39 is 0 Å². The van der Waals surface area contributed by atoms with E-state index in [9.17, 15) is 4.79 Å². The first-order chi connectivity index (χ1) is 11.5. The third kappa shape index (κ3) is 4.12. The van der Waals surface area contributed by atoms with Gasteiger partial charge in [-0.1, -0.05) is 23.5 Å². The summed E-state index contributed by atoms with van der Waals surface area (Å²) in [7, 11) is 4.17. The molecule has 2 aromatic rings. The average molecular weight is 347 g/mol. The molecule has 1 unspecified atom stereocenters. The van der Waals surface area contributed by atoms with E-state index >= 15 is 0 Å². The number of hydrogen-bond acceptors (Lipinski definition) is 5. The Morgan fingerprint density at radius 2 is 2.29 bits per heavy atom. The number of nitrogens with zero attached hydrogens (tertiary/aromatic N) is 3. The summed E-state index contributed by atoms with van der Waals surface area (Å²) >= 11 is 1.57. The zero-order valence-electron chi connectivity index (χ0n) is 14.7. The molecule has 2 heterocycles. The van der Waals surface area contributed by atoms with E-state index in [-0.39, 0.29) is 11.8 Å². The van der Waals surface area contributed by atoms with Gasteiger partial charge in [-0.3, -0.25) is 4.79 Å². The van der Waals surface area contributed by atoms with E-state index in [0.717, 1.165) is 54.4 Å². The lowest BCUT2D eigenvalue weighted by molar-refractivity contribution is -0.121. The minimum absolute atomic E-state index is 0.0639. The number of piperidine rings is 1. The summed E-state index contributed by atoms with van der Waals surface area (Å²) in [6.45, 7) is 6.08. The van der Waals surface area contributed by atoms with Crippen LogP contribution < -0.4 is 5.32 Å². The molecule has 1 aliphatic heterocycles. The first kappa shape index (κ1) is 17.3. The minimum Gasteiger partial charge on any atom is -0.308 e. The molecule has 1 aromatic carbocycles. The van der Waals surface area contributed by atoms with Crippen molar-refractivity contribution >= 4 is 32.6 Å². The van der Waals surface area contributed by atoms with Gasteiger partial charge in [-0.05, 0) is 52.0 Å². The van der Waals surface area contributed by atoms with Crippen molar-refractivity contribution in [2.45, 2.75) is 19.8 Å². The van der Waals surface area contributed by atoms with Crippen LogP contribution in [0.4, 0.5) is 5.13 Å². The van der Waals surface area contributed by atoms with Gasteiger partial charge in [0.15, 0.2) is 5.13 Å². The molecule has 1 N–H and O–H groups in total. The van der Waals surface area contributed by atoms with Crippen molar-refractivity contribution in [1.82, 2.24) is 14.8 Å². The molecule has 24 heavy (non-hydrogen) atoms. The van der Waals surface area contributed by atoms with Gasteiger partial charge in [-0.15, -0.1) is 0 Å². The highest BCUT2D eigenvalue weighted by atomic mass is 32.1. The van der Waals surface area contributed by atoms with Crippen molar-refractivity contribution in [2.24, 2.45) is 5.92 Å². The zero-order valence-corrected chi connectivity index (χ0v) is 15.5. The van der Waals surface area contributed by atoms with Crippen LogP contribution in [-0.2, 0) is 4.79 Å². The summed E-state index contributed by atoms with van der Waals surface area (Å²) in [5.74, 6) is 0.176. The molecule has 1 fully saturated rings. The molecular weight excluding hydrogens is 320 g/mol. The molecule has 0 aliphatic carbocycles. The number of carbonyl (C=O) groups is 1. The molecule has 0 bridgehead atoms. The number of aryl methyl sites for hydroxylation is 1. The van der Waals surface area contributed by atoms with E-state index in [1.165, 1.54) is 5.56 Å². The number of carbonyl (C=O) groups excluding carboxylic acids is 1. The third-order valence-corrected chi connectivity index (χ3v) is 5.70. The Labute approximate surface area is 147 Å². The second kappa shape index (κ2) is 7.59. The van der Waals surface area contributed by atoms with Gasteiger partial charge in [0.1, 0.15) is 0 Å². The molecule has 0 saturated carbocycles. The summed E-state index contributed by atoms with van der Waals surface area (Å²) in [4.78, 5) is 21.8. The van der Waals surface area contributed by atoms with Gasteiger partial charge in [-0.2, -0.15) is 0 Å². The third-order valence-electron chi connectivity index (χ3n) is 4.58. The average Bonchev–Trinajstić information content (AvgIpc) is 2.97. The van der Waals surface area contributed by atoms with Gasteiger partial charge in [0.2, 0.25) is 5.91 Å². The topological polar surface area (TPSA) is 48.5 Å². The summed E-state index contributed by atoms with van der Waals surface area (Å²) in [5, 5.41) is 3.76. The van der Waals surface area contributed by atoms with Crippen LogP contribution in [0.3, 0.4) is 0 Å². The number of fused-ring (bicyclic) bond motifs is 1. The van der Waals surface area contributed by atoms with E-state index in [1.807, 2.05) is 12.1 Å². The molecular formula is C18H26N4OS. The van der Waals surface area contributed by atoms with Gasteiger partial charge in [0.05, 0.1) is 16.1 Å². The lowest BCUT2D eigenvalue weighted by atomic mass is 9.97. The number of amides is 1. The van der Waals surface area contributed by atoms with Gasteiger partial charge >= 0.3 is 0 Å². The molecule has 3 rings (SSSR count). The standard InChI is InChI=1S/C18H26N4OS/c1-13-6-4-8-15-16(13)24-18(19-15)20-17(23)14-7-5-9-22(12-14)11-10-21(2)3/h4,6,8,14H,5,7,9-12H2,1-3H3,(H,19,20,23). The van der Waals surface area contributed by atoms with Crippen LogP contribution in [0.15, 0.2) is 18.2 Å². The molecule has 130 valence electrons. The van der Waals surface area contributed by atoms with Crippen LogP contribution in [0, 0.1) is 12.8 Å². The summed E-state index contributed by atoms with van der Waals surface area (Å²) in [6, 6.07) is 6.08. The maximum Gasteiger partial charge on any atom is 0.230 e. The second-order valence-corrected chi connectivity index (χ2v) is 7.87. The van der Waals surface area contributed by atoms with Gasteiger partial charge in [0.25, 0.3) is 0 Å². The Bertz CT molecular complexity index is 712. The van der Waals surface area contributed by atoms with E-state index in [2.05, 4.69) is 47.2 Å². The van der Waals surface area contributed by atoms with Gasteiger partial charge < -0.3 is 15.1 Å². The Kier molecular flexibility index (Phi) is 5.48. The number of anilines is 1. The molecule has 1 aliphatic rings. The van der Waals surface area contributed by atoms with Crippen molar-refractivity contribution in [2.75, 3.05) is 45.6 Å². The van der Waals surface area contributed by atoms with Crippen molar-refractivity contribution < 1.29 is 4.79 Å². The molecule has 0 spiro atoms. The number of likely N-dealkylation sites (N-methyl/N-ethyl adjacent to an activating group) is 1. The van der Waals surface area contributed by atoms with E-state index in [0.29, 0.717) is 0 Å². The van der Waals surface area contributed by atoms with Crippen LogP contribution in [0.5, 0.6) is 0 Å². The van der Waals surface area contributed by atoms with Gasteiger partial charge in [-0.25, -0.2) is 4.98 Å². The second-order valence-electron chi connectivity index (χ2n) is 6.87. The number of hydrogen-bond donors (Lipinski definition) is 1. The fourth-order valence-electron chi connectivity index (χ4n) is 3.16. The molecule has 1 amide bonds. The number of benzene rings is 1. The molecule has 1 aromatic heterocycles. The number of nitrogens with one attached hydrogen (secondary N) is 1. The number of rotatable bonds is 5. The highest BCUT2D eigenvalue weighted by molar-refractivity contribution is 7.22. The van der Waals surface area contributed by atoms with Crippen molar-refractivity contribution in [3.8, 4) is 0 Å². The van der Waals surface area contributed by atoms with Crippen molar-refractivity contribution in [3.05, 3.63) is 23.8 Å². The first-order valence-electron chi connectivity index (χ1n) is 8.57. The smallest absolute Gasteiger partial charge is 0.230 e. The van der Waals surface area contributed by atoms with Crippen LogP contribution in [0.25, 0.3) is 10.2 Å². The zero-order chi connectivity index (χ0) is 17.1. The first-order valence-corrected chi connectivity index (χ1v) is 9.38. The highest BCUT2D eigenvalue weighted by Crippen LogP contribution is 2.29. The van der Waals surface area contributed by atoms with Gasteiger partial charge in [0, 0.05) is 19.6 Å². The van der Waals surface area contributed by atoms with Crippen LogP contribution in [-0.4, -0.2) is 61.0 Å². The fraction of sp³-hybridized carbons (Fsp3) is 0.556. The lowest BCUT2D eigenvalue weighted by Gasteiger charge is -2.32. The summed E-state index contributed by atoms with van der Waals surface area (Å²) in [6.07, 6.45) is 2.05. The summed E-state index contributed by atoms with van der Waals surface area (Å²) < 4.78 is 1.16. The van der Waals surface area contributed by atoms with Crippen molar-refractivity contribution in [1.29, 1.82) is 0 Å². The van der Waals surface area contributed by atoms with Crippen LogP contribution in [0.2, 0.25) is 0 Å². The lowest BCUT2D eigenvalue weighted by Crippen LogP contribution is -2.43. The molecule has 1 saturated heterocycles. The van der Waals surface area contributed by atoms with E-state index in [1.54, 1.807) is 11.3 Å². The Morgan fingerprint density at radius 3 is 3.04 bits per heavy atom. The minimum atomic E-state index is 0.0639. The molecule has 0 radical (unpaired) electrons. The molecule has 6 heteroatoms. The number of thiazole rings is 1. The van der Waals surface area contributed by atoms with Crippen molar-refractivity contribution in [3.63, 3.8) is 0 Å². The van der Waals surface area contributed by atoms with Crippen LogP contribution in [0.1, 0.15) is 18.4 Å². The maximum absolute atomic E-state index is 12.6. The normalized spacial score (nSPS) is 19.1. The Morgan fingerprint density at radius 1 is 1.46 bits per heavy atom. The predicted octanol–water partition coefficient (Wildman–Crippen LogP) is 2.82. The Hall–Kier alpha value is -1.50. The maximum atomic E-state index is 12.6. The van der Waals surface area contributed by atoms with Crippen LogP contribution >= 0.6 is 11.3 Å². The molecule has 1 atom stereocenters. The fourth-order valence-corrected chi connectivity index (χ4v) is 4.10. The highest BCUT2D eigenvalue weighted by Gasteiger charge is 2.26. The van der Waals surface area contributed by atoms with E-state index in [4.69, 9.17) is 0 Å². The number of likely N-dealkylation sites (tertiary alicyclic amines) is 1. The monoisotopic (exact) mass is 346 g/mol.